The van der Waals surface area contributed by atoms with E-state index in [2.05, 4.69) is 15.6 Å². The average Bonchev–Trinajstić information content (AvgIpc) is 2.50. The number of hydrogen-bond acceptors (Lipinski definition) is 3. The number of hydrogen-bond donors (Lipinski definition) is 2. The predicted molar refractivity (Wildman–Crippen MR) is 91.0 cm³/mol. The van der Waals surface area contributed by atoms with Gasteiger partial charge in [0.25, 0.3) is 11.8 Å². The van der Waals surface area contributed by atoms with Gasteiger partial charge in [0.05, 0.1) is 0 Å². The number of nitrogens with one attached hydrogen (secondary N) is 2. The Kier molecular flexibility index (Phi) is 5.34. The number of carbonyl (C=O) groups is 2. The molecule has 0 aliphatic heterocycles. The molecule has 2 rings (SSSR count). The number of amides is 2. The van der Waals surface area contributed by atoms with E-state index in [1.54, 1.807) is 18.2 Å². The lowest BCUT2D eigenvalue weighted by atomic mass is 10.1. The van der Waals surface area contributed by atoms with Crippen molar-refractivity contribution in [2.45, 2.75) is 26.8 Å². The molecule has 0 aliphatic rings. The number of pyridine rings is 1. The number of aryl methyl sites for hydroxylation is 1. The number of carbonyl (C=O) groups excluding carboxylic acids is 2. The van der Waals surface area contributed by atoms with Crippen molar-refractivity contribution >= 4 is 29.1 Å². The average molecular weight is 332 g/mol. The van der Waals surface area contributed by atoms with Crippen LogP contribution in [0.15, 0.2) is 36.5 Å². The van der Waals surface area contributed by atoms with E-state index in [-0.39, 0.29) is 17.6 Å². The highest BCUT2D eigenvalue weighted by molar-refractivity contribution is 6.31. The fourth-order valence-electron chi connectivity index (χ4n) is 1.96. The second-order valence-electron chi connectivity index (χ2n) is 5.47. The lowest BCUT2D eigenvalue weighted by Gasteiger charge is -2.10. The predicted octanol–water partition coefficient (Wildman–Crippen LogP) is 3.43. The first-order valence-electron chi connectivity index (χ1n) is 7.21. The molecule has 120 valence electrons. The normalized spacial score (nSPS) is 10.5. The molecule has 0 saturated heterocycles. The fourth-order valence-corrected chi connectivity index (χ4v) is 2.13. The smallest absolute Gasteiger partial charge is 0.274 e. The highest BCUT2D eigenvalue weighted by atomic mass is 35.5. The molecule has 0 fully saturated rings. The Morgan fingerprint density at radius 3 is 2.57 bits per heavy atom. The maximum atomic E-state index is 12.3. The molecule has 0 aliphatic carbocycles. The molecule has 2 N–H and O–H groups in total. The molecule has 0 atom stereocenters. The molecule has 23 heavy (non-hydrogen) atoms. The monoisotopic (exact) mass is 331 g/mol. The number of anilines is 1. The van der Waals surface area contributed by atoms with Crippen LogP contribution in [0.5, 0.6) is 0 Å². The minimum Gasteiger partial charge on any atom is -0.350 e. The zero-order valence-electron chi connectivity index (χ0n) is 13.2. The van der Waals surface area contributed by atoms with Crippen LogP contribution in [0, 0.1) is 6.92 Å². The minimum absolute atomic E-state index is 0.0158. The lowest BCUT2D eigenvalue weighted by molar-refractivity contribution is 0.0943. The maximum absolute atomic E-state index is 12.3. The summed E-state index contributed by atoms with van der Waals surface area (Å²) in [5.41, 5.74) is 2.06. The molecule has 0 bridgehead atoms. The van der Waals surface area contributed by atoms with Gasteiger partial charge in [-0.05, 0) is 50.6 Å². The van der Waals surface area contributed by atoms with E-state index < -0.39 is 5.91 Å². The van der Waals surface area contributed by atoms with Crippen LogP contribution in [0.1, 0.15) is 40.3 Å². The van der Waals surface area contributed by atoms with E-state index in [1.165, 1.54) is 12.3 Å². The summed E-state index contributed by atoms with van der Waals surface area (Å²) in [5.74, 6) is -0.634. The third-order valence-electron chi connectivity index (χ3n) is 3.12. The summed E-state index contributed by atoms with van der Waals surface area (Å²) in [6, 6.07) is 8.29. The van der Waals surface area contributed by atoms with E-state index in [0.29, 0.717) is 16.3 Å². The summed E-state index contributed by atoms with van der Waals surface area (Å²) in [5, 5.41) is 6.06. The fraction of sp³-hybridized carbons (Fsp3) is 0.235. The number of benzene rings is 1. The summed E-state index contributed by atoms with van der Waals surface area (Å²) in [7, 11) is 0. The van der Waals surface area contributed by atoms with Gasteiger partial charge in [0.15, 0.2) is 0 Å². The Balaban J connectivity index is 2.20. The summed E-state index contributed by atoms with van der Waals surface area (Å²) >= 11 is 5.94. The second-order valence-corrected chi connectivity index (χ2v) is 5.91. The summed E-state index contributed by atoms with van der Waals surface area (Å²) in [4.78, 5) is 28.3. The third-order valence-corrected chi connectivity index (χ3v) is 3.36. The largest absolute Gasteiger partial charge is 0.350 e. The number of halogens is 1. The van der Waals surface area contributed by atoms with Gasteiger partial charge < -0.3 is 10.6 Å². The summed E-state index contributed by atoms with van der Waals surface area (Å²) in [6.45, 7) is 5.61. The Hall–Kier alpha value is -2.40. The standard InChI is InChI=1S/C17H18ClN3O2/c1-10(2)20-16(22)12-6-7-19-15(8-12)17(23)21-14-9-13(18)5-4-11(14)3/h4-10H,1-3H3,(H,20,22)(H,21,23). The molecule has 1 aromatic heterocycles. The molecule has 1 aromatic carbocycles. The van der Waals surface area contributed by atoms with Gasteiger partial charge >= 0.3 is 0 Å². The zero-order valence-corrected chi connectivity index (χ0v) is 13.9. The topological polar surface area (TPSA) is 71.1 Å². The van der Waals surface area contributed by atoms with Gasteiger partial charge in [-0.25, -0.2) is 0 Å². The Bertz CT molecular complexity index is 744. The van der Waals surface area contributed by atoms with Crippen molar-refractivity contribution in [1.29, 1.82) is 0 Å². The van der Waals surface area contributed by atoms with Crippen LogP contribution in [0.25, 0.3) is 0 Å². The highest BCUT2D eigenvalue weighted by Gasteiger charge is 2.13. The lowest BCUT2D eigenvalue weighted by Crippen LogP contribution is -2.30. The van der Waals surface area contributed by atoms with Crippen molar-refractivity contribution in [3.05, 3.63) is 58.4 Å². The van der Waals surface area contributed by atoms with Crippen LogP contribution in [-0.4, -0.2) is 22.8 Å². The van der Waals surface area contributed by atoms with Crippen molar-refractivity contribution in [3.8, 4) is 0 Å². The molecule has 0 unspecified atom stereocenters. The Labute approximate surface area is 140 Å². The molecule has 0 radical (unpaired) electrons. The van der Waals surface area contributed by atoms with Gasteiger partial charge in [-0.2, -0.15) is 0 Å². The van der Waals surface area contributed by atoms with Gasteiger partial charge in [-0.1, -0.05) is 17.7 Å². The minimum atomic E-state index is -0.394. The summed E-state index contributed by atoms with van der Waals surface area (Å²) < 4.78 is 0. The van der Waals surface area contributed by atoms with Gasteiger partial charge in [-0.15, -0.1) is 0 Å². The molecule has 1 heterocycles. The van der Waals surface area contributed by atoms with E-state index in [0.717, 1.165) is 5.56 Å². The number of nitrogens with zero attached hydrogens (tertiary/aromatic N) is 1. The quantitative estimate of drug-likeness (QED) is 0.901. The van der Waals surface area contributed by atoms with E-state index in [4.69, 9.17) is 11.6 Å². The molecular formula is C17H18ClN3O2. The molecular weight excluding hydrogens is 314 g/mol. The SMILES string of the molecule is Cc1ccc(Cl)cc1NC(=O)c1cc(C(=O)NC(C)C)ccn1. The van der Waals surface area contributed by atoms with E-state index >= 15 is 0 Å². The van der Waals surface area contributed by atoms with E-state index in [9.17, 15) is 9.59 Å². The third kappa shape index (κ3) is 4.53. The second kappa shape index (κ2) is 7.24. The molecule has 0 spiro atoms. The molecule has 6 heteroatoms. The van der Waals surface area contributed by atoms with Crippen molar-refractivity contribution < 1.29 is 9.59 Å². The summed E-state index contributed by atoms with van der Waals surface area (Å²) in [6.07, 6.45) is 1.44. The number of rotatable bonds is 4. The van der Waals surface area contributed by atoms with Crippen molar-refractivity contribution in [2.24, 2.45) is 0 Å². The zero-order chi connectivity index (χ0) is 17.0. The first-order valence-corrected chi connectivity index (χ1v) is 7.59. The van der Waals surface area contributed by atoms with Gasteiger partial charge in [0.2, 0.25) is 0 Å². The number of aromatic nitrogens is 1. The molecule has 2 amide bonds. The Morgan fingerprint density at radius 1 is 1.13 bits per heavy atom. The van der Waals surface area contributed by atoms with Gasteiger partial charge in [0, 0.05) is 28.5 Å². The van der Waals surface area contributed by atoms with Crippen LogP contribution >= 0.6 is 11.6 Å². The molecule has 5 nitrogen and oxygen atoms in total. The van der Waals surface area contributed by atoms with Crippen LogP contribution in [-0.2, 0) is 0 Å². The van der Waals surface area contributed by atoms with E-state index in [1.807, 2.05) is 26.8 Å². The van der Waals surface area contributed by atoms with Crippen molar-refractivity contribution in [2.75, 3.05) is 5.32 Å². The first-order chi connectivity index (χ1) is 10.9. The van der Waals surface area contributed by atoms with Gasteiger partial charge in [0.1, 0.15) is 5.69 Å². The maximum Gasteiger partial charge on any atom is 0.274 e. The van der Waals surface area contributed by atoms with Crippen molar-refractivity contribution in [1.82, 2.24) is 10.3 Å². The van der Waals surface area contributed by atoms with Crippen LogP contribution in [0.3, 0.4) is 0 Å². The molecule has 0 saturated carbocycles. The van der Waals surface area contributed by atoms with Crippen molar-refractivity contribution in [3.63, 3.8) is 0 Å². The van der Waals surface area contributed by atoms with Crippen LogP contribution < -0.4 is 10.6 Å². The highest BCUT2D eigenvalue weighted by Crippen LogP contribution is 2.20. The molecule has 2 aromatic rings. The van der Waals surface area contributed by atoms with Crippen LogP contribution in [0.4, 0.5) is 5.69 Å². The first kappa shape index (κ1) is 17.0. The van der Waals surface area contributed by atoms with Gasteiger partial charge in [-0.3, -0.25) is 14.6 Å². The van der Waals surface area contributed by atoms with Crippen LogP contribution in [0.2, 0.25) is 5.02 Å². The Morgan fingerprint density at radius 2 is 1.87 bits per heavy atom.